The van der Waals surface area contributed by atoms with Crippen LogP contribution < -0.4 is 5.32 Å². The largest absolute Gasteiger partial charge is 0.478 e. The Bertz CT molecular complexity index is 671. The molecule has 0 aromatic heterocycles. The van der Waals surface area contributed by atoms with E-state index >= 15 is 0 Å². The maximum absolute atomic E-state index is 12.8. The summed E-state index contributed by atoms with van der Waals surface area (Å²) in [5, 5.41) is 11.4. The highest BCUT2D eigenvalue weighted by molar-refractivity contribution is 6.34. The Morgan fingerprint density at radius 2 is 1.65 bits per heavy atom. The number of carboxylic acid groups (broad SMARTS) is 1. The van der Waals surface area contributed by atoms with Crippen LogP contribution in [0.5, 0.6) is 0 Å². The number of carboxylic acids is 1. The van der Waals surface area contributed by atoms with E-state index < -0.39 is 17.7 Å². The SMILES string of the molecule is O=C(O)c1ccc(NC(=O)c2ccc(F)cc2)c(Cl)c1. The van der Waals surface area contributed by atoms with E-state index in [0.717, 1.165) is 0 Å². The fraction of sp³-hybridized carbons (Fsp3) is 0. The van der Waals surface area contributed by atoms with Gasteiger partial charge in [-0.3, -0.25) is 4.79 Å². The summed E-state index contributed by atoms with van der Waals surface area (Å²) in [5.41, 5.74) is 0.575. The van der Waals surface area contributed by atoms with Crippen molar-refractivity contribution < 1.29 is 19.1 Å². The predicted octanol–water partition coefficient (Wildman–Crippen LogP) is 3.43. The van der Waals surface area contributed by atoms with Crippen molar-refractivity contribution in [1.29, 1.82) is 0 Å². The minimum atomic E-state index is -1.11. The summed E-state index contributed by atoms with van der Waals surface area (Å²) in [6.45, 7) is 0. The first-order valence-electron chi connectivity index (χ1n) is 5.57. The molecule has 4 nitrogen and oxygen atoms in total. The predicted molar refractivity (Wildman–Crippen MR) is 72.8 cm³/mol. The molecule has 2 aromatic rings. The van der Waals surface area contributed by atoms with Gasteiger partial charge in [-0.1, -0.05) is 11.6 Å². The Morgan fingerprint density at radius 1 is 1.05 bits per heavy atom. The quantitative estimate of drug-likeness (QED) is 0.911. The molecule has 20 heavy (non-hydrogen) atoms. The third-order valence-electron chi connectivity index (χ3n) is 2.57. The van der Waals surface area contributed by atoms with Crippen LogP contribution in [0.25, 0.3) is 0 Å². The molecule has 2 N–H and O–H groups in total. The smallest absolute Gasteiger partial charge is 0.335 e. The van der Waals surface area contributed by atoms with E-state index in [-0.39, 0.29) is 21.8 Å². The molecule has 0 fully saturated rings. The summed E-state index contributed by atoms with van der Waals surface area (Å²) in [5.74, 6) is -2.01. The summed E-state index contributed by atoms with van der Waals surface area (Å²) in [6.07, 6.45) is 0. The van der Waals surface area contributed by atoms with Crippen LogP contribution in [0, 0.1) is 5.82 Å². The van der Waals surface area contributed by atoms with Gasteiger partial charge >= 0.3 is 5.97 Å². The second-order valence-corrected chi connectivity index (χ2v) is 4.37. The molecule has 2 aromatic carbocycles. The molecule has 1 amide bonds. The molecule has 0 atom stereocenters. The summed E-state index contributed by atoms with van der Waals surface area (Å²) in [7, 11) is 0. The highest BCUT2D eigenvalue weighted by Gasteiger charge is 2.11. The molecule has 0 aliphatic carbocycles. The summed E-state index contributed by atoms with van der Waals surface area (Å²) in [6, 6.07) is 8.98. The molecule has 0 spiro atoms. The lowest BCUT2D eigenvalue weighted by atomic mass is 10.2. The van der Waals surface area contributed by atoms with Gasteiger partial charge in [0.1, 0.15) is 5.82 Å². The zero-order valence-electron chi connectivity index (χ0n) is 10.1. The Morgan fingerprint density at radius 3 is 2.20 bits per heavy atom. The van der Waals surface area contributed by atoms with Gasteiger partial charge in [0.25, 0.3) is 5.91 Å². The molecule has 0 saturated heterocycles. The summed E-state index contributed by atoms with van der Waals surface area (Å²) in [4.78, 5) is 22.6. The number of nitrogens with one attached hydrogen (secondary N) is 1. The van der Waals surface area contributed by atoms with Crippen LogP contribution in [0.4, 0.5) is 10.1 Å². The van der Waals surface area contributed by atoms with Gasteiger partial charge in [0.2, 0.25) is 0 Å². The van der Waals surface area contributed by atoms with Gasteiger partial charge in [-0.25, -0.2) is 9.18 Å². The molecule has 102 valence electrons. The van der Waals surface area contributed by atoms with Crippen LogP contribution in [-0.2, 0) is 0 Å². The van der Waals surface area contributed by atoms with Crippen LogP contribution in [0.1, 0.15) is 20.7 Å². The van der Waals surface area contributed by atoms with Gasteiger partial charge in [0, 0.05) is 5.56 Å². The number of benzene rings is 2. The van der Waals surface area contributed by atoms with Crippen molar-refractivity contribution in [3.05, 3.63) is 64.4 Å². The maximum atomic E-state index is 12.8. The molecule has 0 aliphatic rings. The van der Waals surface area contributed by atoms with Crippen molar-refractivity contribution in [3.8, 4) is 0 Å². The van der Waals surface area contributed by atoms with Gasteiger partial charge in [-0.15, -0.1) is 0 Å². The Balaban J connectivity index is 2.19. The Hall–Kier alpha value is -2.40. The second-order valence-electron chi connectivity index (χ2n) is 3.96. The number of anilines is 1. The molecule has 0 bridgehead atoms. The van der Waals surface area contributed by atoms with Gasteiger partial charge in [0.15, 0.2) is 0 Å². The third-order valence-corrected chi connectivity index (χ3v) is 2.88. The molecule has 0 unspecified atom stereocenters. The van der Waals surface area contributed by atoms with Crippen molar-refractivity contribution in [2.24, 2.45) is 0 Å². The molecule has 0 radical (unpaired) electrons. The number of hydrogen-bond donors (Lipinski definition) is 2. The van der Waals surface area contributed by atoms with Crippen LogP contribution in [0.3, 0.4) is 0 Å². The zero-order valence-corrected chi connectivity index (χ0v) is 10.8. The average molecular weight is 294 g/mol. The van der Waals surface area contributed by atoms with E-state index in [1.54, 1.807) is 0 Å². The molecular weight excluding hydrogens is 285 g/mol. The van der Waals surface area contributed by atoms with Crippen molar-refractivity contribution >= 4 is 29.2 Å². The number of rotatable bonds is 3. The molecule has 0 aliphatic heterocycles. The van der Waals surface area contributed by atoms with Crippen LogP contribution in [0.15, 0.2) is 42.5 Å². The first-order valence-corrected chi connectivity index (χ1v) is 5.95. The Labute approximate surface area is 118 Å². The second kappa shape index (κ2) is 5.71. The maximum Gasteiger partial charge on any atom is 0.335 e. The summed E-state index contributed by atoms with van der Waals surface area (Å²) >= 11 is 5.89. The van der Waals surface area contributed by atoms with E-state index in [2.05, 4.69) is 5.32 Å². The first-order chi connectivity index (χ1) is 9.47. The van der Waals surface area contributed by atoms with E-state index in [1.807, 2.05) is 0 Å². The summed E-state index contributed by atoms with van der Waals surface area (Å²) < 4.78 is 12.8. The number of amides is 1. The number of aromatic carboxylic acids is 1. The van der Waals surface area contributed by atoms with E-state index in [0.29, 0.717) is 0 Å². The lowest BCUT2D eigenvalue weighted by molar-refractivity contribution is 0.0696. The molecule has 0 saturated carbocycles. The molecule has 2 rings (SSSR count). The molecule has 6 heteroatoms. The highest BCUT2D eigenvalue weighted by Crippen LogP contribution is 2.23. The fourth-order valence-electron chi connectivity index (χ4n) is 1.55. The van der Waals surface area contributed by atoms with Gasteiger partial charge < -0.3 is 10.4 Å². The monoisotopic (exact) mass is 293 g/mol. The minimum Gasteiger partial charge on any atom is -0.478 e. The van der Waals surface area contributed by atoms with Gasteiger partial charge in [0.05, 0.1) is 16.3 Å². The number of halogens is 2. The topological polar surface area (TPSA) is 66.4 Å². The number of carbonyl (C=O) groups excluding carboxylic acids is 1. The van der Waals surface area contributed by atoms with Crippen LogP contribution >= 0.6 is 11.6 Å². The lowest BCUT2D eigenvalue weighted by Gasteiger charge is -2.08. The van der Waals surface area contributed by atoms with E-state index in [1.165, 1.54) is 42.5 Å². The number of hydrogen-bond acceptors (Lipinski definition) is 2. The van der Waals surface area contributed by atoms with Gasteiger partial charge in [-0.2, -0.15) is 0 Å². The van der Waals surface area contributed by atoms with Crippen LogP contribution in [-0.4, -0.2) is 17.0 Å². The Kier molecular flexibility index (Phi) is 4.00. The van der Waals surface area contributed by atoms with Crippen molar-refractivity contribution in [2.45, 2.75) is 0 Å². The fourth-order valence-corrected chi connectivity index (χ4v) is 1.77. The van der Waals surface area contributed by atoms with Crippen molar-refractivity contribution in [2.75, 3.05) is 5.32 Å². The van der Waals surface area contributed by atoms with Gasteiger partial charge in [-0.05, 0) is 42.5 Å². The average Bonchev–Trinajstić information content (AvgIpc) is 2.41. The first kappa shape index (κ1) is 14.0. The molecular formula is C14H9ClFNO3. The number of carbonyl (C=O) groups is 2. The minimum absolute atomic E-state index is 0.0229. The van der Waals surface area contributed by atoms with Crippen molar-refractivity contribution in [3.63, 3.8) is 0 Å². The third kappa shape index (κ3) is 3.13. The van der Waals surface area contributed by atoms with E-state index in [4.69, 9.17) is 16.7 Å². The normalized spacial score (nSPS) is 10.1. The zero-order chi connectivity index (χ0) is 14.7. The van der Waals surface area contributed by atoms with Crippen LogP contribution in [0.2, 0.25) is 5.02 Å². The molecule has 0 heterocycles. The van der Waals surface area contributed by atoms with Crippen molar-refractivity contribution in [1.82, 2.24) is 0 Å². The lowest BCUT2D eigenvalue weighted by Crippen LogP contribution is -2.12. The highest BCUT2D eigenvalue weighted by atomic mass is 35.5. The van der Waals surface area contributed by atoms with E-state index in [9.17, 15) is 14.0 Å². The standard InChI is InChI=1S/C14H9ClFNO3/c15-11-7-9(14(19)20)3-6-12(11)17-13(18)8-1-4-10(16)5-2-8/h1-7H,(H,17,18)(H,19,20).